The molecule has 8 heteroatoms. The standard InChI is InChI=1S/C14H21N3O3S.ClH/c1-20-11-7-12(21-9-11)14(19)17-6-2-3-10(8-17)13(18)16-5-4-15;/h7,9-10H,2-6,8,15H2,1H3,(H,16,18);1H. The molecule has 1 saturated heterocycles. The fraction of sp³-hybridized carbons (Fsp3) is 0.571. The lowest BCUT2D eigenvalue weighted by atomic mass is 9.97. The van der Waals surface area contributed by atoms with E-state index in [-0.39, 0.29) is 30.1 Å². The summed E-state index contributed by atoms with van der Waals surface area (Å²) in [6, 6.07) is 1.74. The molecule has 0 saturated carbocycles. The summed E-state index contributed by atoms with van der Waals surface area (Å²) < 4.78 is 5.10. The van der Waals surface area contributed by atoms with Gasteiger partial charge in [0.2, 0.25) is 5.91 Å². The quantitative estimate of drug-likeness (QED) is 0.835. The van der Waals surface area contributed by atoms with E-state index in [1.165, 1.54) is 11.3 Å². The highest BCUT2D eigenvalue weighted by atomic mass is 35.5. The van der Waals surface area contributed by atoms with E-state index in [1.807, 2.05) is 5.38 Å². The van der Waals surface area contributed by atoms with E-state index in [1.54, 1.807) is 18.1 Å². The van der Waals surface area contributed by atoms with Crippen LogP contribution in [0.3, 0.4) is 0 Å². The van der Waals surface area contributed by atoms with E-state index in [0.717, 1.165) is 12.8 Å². The largest absolute Gasteiger partial charge is 0.496 e. The van der Waals surface area contributed by atoms with Gasteiger partial charge in [0, 0.05) is 37.6 Å². The molecule has 1 unspecified atom stereocenters. The molecule has 3 N–H and O–H groups in total. The summed E-state index contributed by atoms with van der Waals surface area (Å²) >= 11 is 1.37. The van der Waals surface area contributed by atoms with Crippen LogP contribution in [0.5, 0.6) is 5.75 Å². The average molecular weight is 348 g/mol. The van der Waals surface area contributed by atoms with E-state index >= 15 is 0 Å². The monoisotopic (exact) mass is 347 g/mol. The number of methoxy groups -OCH3 is 1. The molecule has 2 heterocycles. The van der Waals surface area contributed by atoms with Crippen LogP contribution >= 0.6 is 23.7 Å². The summed E-state index contributed by atoms with van der Waals surface area (Å²) in [7, 11) is 1.58. The Morgan fingerprint density at radius 1 is 1.55 bits per heavy atom. The molecule has 0 bridgehead atoms. The minimum atomic E-state index is -0.142. The topological polar surface area (TPSA) is 84.7 Å². The van der Waals surface area contributed by atoms with Gasteiger partial charge in [-0.3, -0.25) is 9.59 Å². The Bertz CT molecular complexity index is 509. The van der Waals surface area contributed by atoms with Crippen LogP contribution in [0.1, 0.15) is 22.5 Å². The van der Waals surface area contributed by atoms with Crippen molar-refractivity contribution < 1.29 is 14.3 Å². The first kappa shape index (κ1) is 18.7. The number of piperidine rings is 1. The lowest BCUT2D eigenvalue weighted by Gasteiger charge is -2.31. The first-order valence-electron chi connectivity index (χ1n) is 7.05. The molecule has 1 aromatic heterocycles. The minimum Gasteiger partial charge on any atom is -0.496 e. The molecule has 1 aromatic rings. The second-order valence-corrected chi connectivity index (χ2v) is 5.93. The summed E-state index contributed by atoms with van der Waals surface area (Å²) in [5, 5.41) is 4.60. The number of rotatable bonds is 5. The van der Waals surface area contributed by atoms with Crippen LogP contribution in [-0.2, 0) is 4.79 Å². The van der Waals surface area contributed by atoms with Crippen molar-refractivity contribution in [1.82, 2.24) is 10.2 Å². The number of halogens is 1. The van der Waals surface area contributed by atoms with Gasteiger partial charge >= 0.3 is 0 Å². The van der Waals surface area contributed by atoms with Crippen molar-refractivity contribution in [2.75, 3.05) is 33.3 Å². The second kappa shape index (κ2) is 8.97. The fourth-order valence-electron chi connectivity index (χ4n) is 2.41. The Labute approximate surface area is 140 Å². The van der Waals surface area contributed by atoms with E-state index in [2.05, 4.69) is 5.32 Å². The van der Waals surface area contributed by atoms with Crippen molar-refractivity contribution in [2.45, 2.75) is 12.8 Å². The van der Waals surface area contributed by atoms with Crippen LogP contribution in [0.25, 0.3) is 0 Å². The molecule has 2 rings (SSSR count). The van der Waals surface area contributed by atoms with Gasteiger partial charge in [-0.15, -0.1) is 23.7 Å². The van der Waals surface area contributed by atoms with Gasteiger partial charge in [0.05, 0.1) is 17.9 Å². The lowest BCUT2D eigenvalue weighted by Crippen LogP contribution is -2.46. The van der Waals surface area contributed by atoms with Crippen LogP contribution in [0.2, 0.25) is 0 Å². The molecular formula is C14H22ClN3O3S. The van der Waals surface area contributed by atoms with E-state index in [9.17, 15) is 9.59 Å². The van der Waals surface area contributed by atoms with Gasteiger partial charge in [-0.1, -0.05) is 0 Å². The molecule has 0 spiro atoms. The molecule has 6 nitrogen and oxygen atoms in total. The fourth-order valence-corrected chi connectivity index (χ4v) is 3.23. The zero-order valence-corrected chi connectivity index (χ0v) is 14.2. The zero-order chi connectivity index (χ0) is 15.2. The highest BCUT2D eigenvalue weighted by Gasteiger charge is 2.29. The van der Waals surface area contributed by atoms with Crippen molar-refractivity contribution >= 4 is 35.6 Å². The normalized spacial score (nSPS) is 17.5. The molecule has 2 amide bonds. The Morgan fingerprint density at radius 2 is 2.32 bits per heavy atom. The summed E-state index contributed by atoms with van der Waals surface area (Å²) in [5.74, 6) is 0.509. The van der Waals surface area contributed by atoms with Crippen LogP contribution in [0, 0.1) is 5.92 Å². The molecule has 1 atom stereocenters. The Morgan fingerprint density at radius 3 is 2.95 bits per heavy atom. The minimum absolute atomic E-state index is 0. The van der Waals surface area contributed by atoms with Gasteiger partial charge < -0.3 is 20.7 Å². The number of nitrogens with one attached hydrogen (secondary N) is 1. The first-order valence-corrected chi connectivity index (χ1v) is 7.93. The second-order valence-electron chi connectivity index (χ2n) is 5.02. The van der Waals surface area contributed by atoms with Crippen LogP contribution in [-0.4, -0.2) is 50.0 Å². The number of nitrogens with zero attached hydrogens (tertiary/aromatic N) is 1. The van der Waals surface area contributed by atoms with Crippen molar-refractivity contribution in [2.24, 2.45) is 11.7 Å². The summed E-state index contributed by atoms with van der Waals surface area (Å²) in [6.45, 7) is 2.07. The Hall–Kier alpha value is -1.31. The number of amides is 2. The third kappa shape index (κ3) is 4.59. The van der Waals surface area contributed by atoms with Crippen LogP contribution in [0.15, 0.2) is 11.4 Å². The maximum Gasteiger partial charge on any atom is 0.264 e. The number of nitrogens with two attached hydrogens (primary N) is 1. The third-order valence-electron chi connectivity index (χ3n) is 3.54. The predicted octanol–water partition coefficient (Wildman–Crippen LogP) is 1.11. The van der Waals surface area contributed by atoms with E-state index in [4.69, 9.17) is 10.5 Å². The van der Waals surface area contributed by atoms with E-state index in [0.29, 0.717) is 36.8 Å². The number of thiophene rings is 1. The summed E-state index contributed by atoms with van der Waals surface area (Å²) in [4.78, 5) is 26.8. The maximum absolute atomic E-state index is 12.4. The first-order chi connectivity index (χ1) is 10.2. The third-order valence-corrected chi connectivity index (χ3v) is 4.44. The number of hydrogen-bond acceptors (Lipinski definition) is 5. The number of ether oxygens (including phenoxy) is 1. The van der Waals surface area contributed by atoms with Gasteiger partial charge in [0.25, 0.3) is 5.91 Å². The highest BCUT2D eigenvalue weighted by Crippen LogP contribution is 2.25. The molecule has 1 aliphatic rings. The SMILES string of the molecule is COc1csc(C(=O)N2CCCC(C(=O)NCCN)C2)c1.Cl. The smallest absolute Gasteiger partial charge is 0.264 e. The van der Waals surface area contributed by atoms with Gasteiger partial charge in [-0.2, -0.15) is 0 Å². The van der Waals surface area contributed by atoms with Crippen molar-refractivity contribution in [3.63, 3.8) is 0 Å². The molecule has 124 valence electrons. The molecule has 1 fully saturated rings. The van der Waals surface area contributed by atoms with Gasteiger partial charge in [-0.25, -0.2) is 0 Å². The van der Waals surface area contributed by atoms with Crippen molar-refractivity contribution in [3.8, 4) is 5.75 Å². The molecule has 0 aliphatic carbocycles. The summed E-state index contributed by atoms with van der Waals surface area (Å²) in [6.07, 6.45) is 1.66. The Balaban J connectivity index is 0.00000242. The maximum atomic E-state index is 12.4. The highest BCUT2D eigenvalue weighted by molar-refractivity contribution is 7.12. The van der Waals surface area contributed by atoms with Crippen LogP contribution < -0.4 is 15.8 Å². The Kier molecular flexibility index (Phi) is 7.64. The number of likely N-dealkylation sites (tertiary alicyclic amines) is 1. The average Bonchev–Trinajstić information content (AvgIpc) is 3.01. The lowest BCUT2D eigenvalue weighted by molar-refractivity contribution is -0.126. The predicted molar refractivity (Wildman–Crippen MR) is 88.8 cm³/mol. The van der Waals surface area contributed by atoms with Gasteiger partial charge in [-0.05, 0) is 12.8 Å². The van der Waals surface area contributed by atoms with E-state index < -0.39 is 0 Å². The van der Waals surface area contributed by atoms with Crippen molar-refractivity contribution in [1.29, 1.82) is 0 Å². The number of carbonyl (C=O) groups is 2. The molecule has 1 aliphatic heterocycles. The molecular weight excluding hydrogens is 326 g/mol. The number of hydrogen-bond donors (Lipinski definition) is 2. The van der Waals surface area contributed by atoms with Gasteiger partial charge in [0.1, 0.15) is 5.75 Å². The summed E-state index contributed by atoms with van der Waals surface area (Å²) in [5.41, 5.74) is 5.38. The van der Waals surface area contributed by atoms with Crippen LogP contribution in [0.4, 0.5) is 0 Å². The van der Waals surface area contributed by atoms with Gasteiger partial charge in [0.15, 0.2) is 0 Å². The molecule has 0 radical (unpaired) electrons. The zero-order valence-electron chi connectivity index (χ0n) is 12.5. The molecule has 22 heavy (non-hydrogen) atoms. The van der Waals surface area contributed by atoms with Crippen molar-refractivity contribution in [3.05, 3.63) is 16.3 Å². The molecule has 0 aromatic carbocycles. The number of carbonyl (C=O) groups excluding carboxylic acids is 2.